The van der Waals surface area contributed by atoms with Gasteiger partial charge in [0.2, 0.25) is 0 Å². The smallest absolute Gasteiger partial charge is 0.338 e. The molecule has 1 N–H and O–H groups in total. The normalized spacial score (nSPS) is 11.5. The van der Waals surface area contributed by atoms with Crippen LogP contribution in [0, 0.1) is 0 Å². The average Bonchev–Trinajstić information content (AvgIpc) is 2.67. The van der Waals surface area contributed by atoms with Crippen LogP contribution in [-0.4, -0.2) is 25.1 Å². The highest BCUT2D eigenvalue weighted by Crippen LogP contribution is 2.22. The molecule has 5 nitrogen and oxygen atoms in total. The van der Waals surface area contributed by atoms with Gasteiger partial charge < -0.3 is 14.8 Å². The number of esters is 1. The summed E-state index contributed by atoms with van der Waals surface area (Å²) in [5.74, 6) is -0.253. The minimum Gasteiger partial charge on any atom is -0.494 e. The molecule has 1 amide bonds. The van der Waals surface area contributed by atoms with Gasteiger partial charge in [-0.25, -0.2) is 4.79 Å². The van der Waals surface area contributed by atoms with E-state index in [0.29, 0.717) is 22.9 Å². The van der Waals surface area contributed by atoms with E-state index in [1.165, 1.54) is 0 Å². The number of carbonyl (C=O) groups excluding carboxylic acids is 2. The van der Waals surface area contributed by atoms with Crippen molar-refractivity contribution in [2.75, 3.05) is 13.2 Å². The van der Waals surface area contributed by atoms with Gasteiger partial charge in [0.15, 0.2) is 6.61 Å². The Bertz CT molecular complexity index is 761. The molecule has 0 unspecified atom stereocenters. The van der Waals surface area contributed by atoms with Crippen LogP contribution >= 0.6 is 11.6 Å². The van der Waals surface area contributed by atoms with Crippen molar-refractivity contribution < 1.29 is 19.1 Å². The Balaban J connectivity index is 1.80. The van der Waals surface area contributed by atoms with Gasteiger partial charge in [0, 0.05) is 5.02 Å². The predicted octanol–water partition coefficient (Wildman–Crippen LogP) is 4.55. The van der Waals surface area contributed by atoms with Gasteiger partial charge in [0.1, 0.15) is 5.75 Å². The highest BCUT2D eigenvalue weighted by atomic mass is 35.5. The van der Waals surface area contributed by atoms with Crippen molar-refractivity contribution in [3.8, 4) is 5.75 Å². The second kappa shape index (κ2) is 10.6. The van der Waals surface area contributed by atoms with Crippen LogP contribution in [0.5, 0.6) is 5.75 Å². The first-order valence-electron chi connectivity index (χ1n) is 8.95. The molecule has 0 heterocycles. The minimum atomic E-state index is -0.560. The van der Waals surface area contributed by atoms with Crippen molar-refractivity contribution in [1.82, 2.24) is 5.32 Å². The van der Waals surface area contributed by atoms with E-state index in [0.717, 1.165) is 18.4 Å². The topological polar surface area (TPSA) is 64.6 Å². The van der Waals surface area contributed by atoms with Crippen molar-refractivity contribution in [3.63, 3.8) is 0 Å². The van der Waals surface area contributed by atoms with Crippen molar-refractivity contribution in [2.24, 2.45) is 0 Å². The summed E-state index contributed by atoms with van der Waals surface area (Å²) in [6.07, 6.45) is 2.03. The zero-order chi connectivity index (χ0) is 19.6. The summed E-state index contributed by atoms with van der Waals surface area (Å²) >= 11 is 6.12. The quantitative estimate of drug-likeness (QED) is 0.504. The van der Waals surface area contributed by atoms with E-state index in [4.69, 9.17) is 21.1 Å². The van der Waals surface area contributed by atoms with E-state index >= 15 is 0 Å². The number of hydrogen-bond acceptors (Lipinski definition) is 4. The molecule has 0 spiro atoms. The molecule has 0 saturated carbocycles. The molecule has 0 aliphatic rings. The maximum atomic E-state index is 12.1. The molecule has 0 saturated heterocycles. The average molecular weight is 390 g/mol. The van der Waals surface area contributed by atoms with Gasteiger partial charge in [-0.2, -0.15) is 0 Å². The lowest BCUT2D eigenvalue weighted by Crippen LogP contribution is -2.31. The van der Waals surface area contributed by atoms with E-state index in [9.17, 15) is 9.59 Å². The van der Waals surface area contributed by atoms with Gasteiger partial charge in [-0.1, -0.05) is 43.1 Å². The summed E-state index contributed by atoms with van der Waals surface area (Å²) in [4.78, 5) is 24.1. The highest BCUT2D eigenvalue weighted by molar-refractivity contribution is 6.31. The lowest BCUT2D eigenvalue weighted by atomic mass is 10.1. The first kappa shape index (κ1) is 20.8. The SMILES string of the molecule is CCCCOc1ccc(C(=O)OCC(=O)N[C@H](C)c2ccccc2Cl)cc1. The number of amides is 1. The van der Waals surface area contributed by atoms with Gasteiger partial charge in [-0.15, -0.1) is 0 Å². The van der Waals surface area contributed by atoms with E-state index in [1.807, 2.05) is 25.1 Å². The number of unbranched alkanes of at least 4 members (excludes halogenated alkanes) is 1. The molecule has 27 heavy (non-hydrogen) atoms. The fourth-order valence-corrected chi connectivity index (χ4v) is 2.72. The molecule has 144 valence electrons. The first-order valence-corrected chi connectivity index (χ1v) is 9.32. The Kier molecular flexibility index (Phi) is 8.14. The maximum absolute atomic E-state index is 12.1. The molecular formula is C21H24ClNO4. The molecule has 2 aromatic rings. The molecular weight excluding hydrogens is 366 g/mol. The van der Waals surface area contributed by atoms with Crippen LogP contribution in [0.15, 0.2) is 48.5 Å². The fourth-order valence-electron chi connectivity index (χ4n) is 2.42. The van der Waals surface area contributed by atoms with Crippen molar-refractivity contribution in [2.45, 2.75) is 32.7 Å². The summed E-state index contributed by atoms with van der Waals surface area (Å²) in [7, 11) is 0. The Morgan fingerprint density at radius 3 is 2.48 bits per heavy atom. The number of halogens is 1. The molecule has 0 aliphatic carbocycles. The van der Waals surface area contributed by atoms with Gasteiger partial charge in [-0.3, -0.25) is 4.79 Å². The van der Waals surface area contributed by atoms with Crippen LogP contribution in [0.4, 0.5) is 0 Å². The zero-order valence-corrected chi connectivity index (χ0v) is 16.3. The monoisotopic (exact) mass is 389 g/mol. The van der Waals surface area contributed by atoms with Crippen LogP contribution in [0.1, 0.15) is 48.7 Å². The molecule has 1 atom stereocenters. The van der Waals surface area contributed by atoms with Gasteiger partial charge in [-0.05, 0) is 49.2 Å². The van der Waals surface area contributed by atoms with E-state index < -0.39 is 11.9 Å². The van der Waals surface area contributed by atoms with Crippen LogP contribution in [0.25, 0.3) is 0 Å². The third-order valence-electron chi connectivity index (χ3n) is 3.94. The Morgan fingerprint density at radius 2 is 1.81 bits per heavy atom. The summed E-state index contributed by atoms with van der Waals surface area (Å²) in [5, 5.41) is 3.33. The number of rotatable bonds is 9. The van der Waals surface area contributed by atoms with Gasteiger partial charge in [0.05, 0.1) is 18.2 Å². The molecule has 0 aromatic heterocycles. The van der Waals surface area contributed by atoms with Crippen molar-refractivity contribution >= 4 is 23.5 Å². The highest BCUT2D eigenvalue weighted by Gasteiger charge is 2.14. The van der Waals surface area contributed by atoms with Crippen LogP contribution in [0.3, 0.4) is 0 Å². The van der Waals surface area contributed by atoms with Crippen LogP contribution in [-0.2, 0) is 9.53 Å². The second-order valence-electron chi connectivity index (χ2n) is 6.11. The number of benzene rings is 2. The Labute approximate surface area is 164 Å². The molecule has 2 rings (SSSR count). The Hall–Kier alpha value is -2.53. The minimum absolute atomic E-state index is 0.288. The molecule has 0 aliphatic heterocycles. The van der Waals surface area contributed by atoms with Crippen molar-refractivity contribution in [1.29, 1.82) is 0 Å². The summed E-state index contributed by atoms with van der Waals surface area (Å²) < 4.78 is 10.6. The lowest BCUT2D eigenvalue weighted by Gasteiger charge is -2.15. The lowest BCUT2D eigenvalue weighted by molar-refractivity contribution is -0.124. The van der Waals surface area contributed by atoms with E-state index in [2.05, 4.69) is 12.2 Å². The summed E-state index contributed by atoms with van der Waals surface area (Å²) in [6, 6.07) is 13.6. The van der Waals surface area contributed by atoms with Gasteiger partial charge >= 0.3 is 5.97 Å². The summed E-state index contributed by atoms with van der Waals surface area (Å²) in [6.45, 7) is 4.19. The number of nitrogens with one attached hydrogen (secondary N) is 1. The second-order valence-corrected chi connectivity index (χ2v) is 6.52. The number of ether oxygens (including phenoxy) is 2. The number of hydrogen-bond donors (Lipinski definition) is 1. The van der Waals surface area contributed by atoms with Gasteiger partial charge in [0.25, 0.3) is 5.91 Å². The standard InChI is InChI=1S/C21H24ClNO4/c1-3-4-13-26-17-11-9-16(10-12-17)21(25)27-14-20(24)23-15(2)18-7-5-6-8-19(18)22/h5-12,15H,3-4,13-14H2,1-2H3,(H,23,24)/t15-/m1/s1. The summed E-state index contributed by atoms with van der Waals surface area (Å²) in [5.41, 5.74) is 1.17. The van der Waals surface area contributed by atoms with Crippen molar-refractivity contribution in [3.05, 3.63) is 64.7 Å². The third kappa shape index (κ3) is 6.61. The number of carbonyl (C=O) groups is 2. The third-order valence-corrected chi connectivity index (χ3v) is 4.28. The molecule has 0 fully saturated rings. The fraction of sp³-hybridized carbons (Fsp3) is 0.333. The molecule has 6 heteroatoms. The molecule has 0 radical (unpaired) electrons. The first-order chi connectivity index (χ1) is 13.0. The zero-order valence-electron chi connectivity index (χ0n) is 15.5. The van der Waals surface area contributed by atoms with Crippen LogP contribution < -0.4 is 10.1 Å². The predicted molar refractivity (Wildman–Crippen MR) is 105 cm³/mol. The maximum Gasteiger partial charge on any atom is 0.338 e. The Morgan fingerprint density at radius 1 is 1.11 bits per heavy atom. The van der Waals surface area contributed by atoms with E-state index in [-0.39, 0.29) is 12.6 Å². The molecule has 0 bridgehead atoms. The van der Waals surface area contributed by atoms with Crippen LogP contribution in [0.2, 0.25) is 5.02 Å². The van der Waals surface area contributed by atoms with E-state index in [1.54, 1.807) is 30.3 Å². The largest absolute Gasteiger partial charge is 0.494 e. The molecule has 2 aromatic carbocycles.